The highest BCUT2D eigenvalue weighted by Gasteiger charge is 2.26. The second-order valence-electron chi connectivity index (χ2n) is 9.79. The van der Waals surface area contributed by atoms with Crippen molar-refractivity contribution < 1.29 is 9.53 Å². The van der Waals surface area contributed by atoms with Crippen molar-refractivity contribution >= 4 is 23.1 Å². The van der Waals surface area contributed by atoms with Gasteiger partial charge in [-0.25, -0.2) is 9.59 Å². The average molecular weight is 509 g/mol. The van der Waals surface area contributed by atoms with Crippen molar-refractivity contribution in [2.45, 2.75) is 59.2 Å². The van der Waals surface area contributed by atoms with Gasteiger partial charge in [0.25, 0.3) is 5.56 Å². The third-order valence-corrected chi connectivity index (χ3v) is 6.70. The molecule has 1 aliphatic heterocycles. The van der Waals surface area contributed by atoms with Crippen LogP contribution in [-0.4, -0.2) is 50.4 Å². The Balaban J connectivity index is 1.76. The van der Waals surface area contributed by atoms with Gasteiger partial charge in [-0.15, -0.1) is 0 Å². The summed E-state index contributed by atoms with van der Waals surface area (Å²) in [5.41, 5.74) is 8.60. The maximum absolute atomic E-state index is 13.8. The molecule has 1 unspecified atom stereocenters. The van der Waals surface area contributed by atoms with Crippen molar-refractivity contribution in [3.05, 3.63) is 67.9 Å². The van der Waals surface area contributed by atoms with Crippen molar-refractivity contribution in [3.8, 4) is 0 Å². The molecule has 3 aromatic rings. The van der Waals surface area contributed by atoms with Crippen LogP contribution in [-0.2, 0) is 31.3 Å². The standard InChI is InChI=1S/C27H36N6O4/c1-5-37-25(35)20-9-6-8-19(16-20)12-15-33-24(34)22-23(30(4)27(33)36)29-26(32(22)14-11-18(2)3)31-13-7-10-21(28)17-31/h6,8-9,11,16,21H,5,7,10,12-15,17,28H2,1-4H3. The van der Waals surface area contributed by atoms with E-state index in [2.05, 4.69) is 4.90 Å². The molecule has 2 N–H and O–H groups in total. The van der Waals surface area contributed by atoms with E-state index >= 15 is 0 Å². The van der Waals surface area contributed by atoms with E-state index < -0.39 is 11.7 Å². The summed E-state index contributed by atoms with van der Waals surface area (Å²) >= 11 is 0. The molecule has 0 spiro atoms. The Labute approximate surface area is 216 Å². The van der Waals surface area contributed by atoms with Crippen LogP contribution in [0.1, 0.15) is 49.5 Å². The number of hydrogen-bond acceptors (Lipinski definition) is 7. The van der Waals surface area contributed by atoms with Gasteiger partial charge in [0.05, 0.1) is 12.2 Å². The summed E-state index contributed by atoms with van der Waals surface area (Å²) in [4.78, 5) is 46.0. The van der Waals surface area contributed by atoms with Gasteiger partial charge in [0.2, 0.25) is 5.95 Å². The molecule has 1 atom stereocenters. The second-order valence-corrected chi connectivity index (χ2v) is 9.79. The van der Waals surface area contributed by atoms with Gasteiger partial charge in [0, 0.05) is 39.3 Å². The summed E-state index contributed by atoms with van der Waals surface area (Å²) in [5.74, 6) is 0.265. The number of rotatable bonds is 8. The van der Waals surface area contributed by atoms with E-state index in [-0.39, 0.29) is 18.1 Å². The molecule has 2 aromatic heterocycles. The fraction of sp³-hybridized carbons (Fsp3) is 0.481. The Hall–Kier alpha value is -3.66. The molecule has 0 amide bonds. The fourth-order valence-electron chi connectivity index (χ4n) is 4.75. The first-order valence-electron chi connectivity index (χ1n) is 12.8. The number of aromatic nitrogens is 4. The topological polar surface area (TPSA) is 117 Å². The summed E-state index contributed by atoms with van der Waals surface area (Å²) in [6.07, 6.45) is 4.35. The Morgan fingerprint density at radius 3 is 2.73 bits per heavy atom. The van der Waals surface area contributed by atoms with Crippen LogP contribution < -0.4 is 21.9 Å². The molecule has 37 heavy (non-hydrogen) atoms. The number of nitrogens with zero attached hydrogens (tertiary/aromatic N) is 5. The molecular weight excluding hydrogens is 472 g/mol. The molecule has 0 radical (unpaired) electrons. The van der Waals surface area contributed by atoms with Gasteiger partial charge in [-0.2, -0.15) is 4.98 Å². The molecule has 1 fully saturated rings. The Kier molecular flexibility index (Phi) is 7.97. The number of carbonyl (C=O) groups is 1. The minimum Gasteiger partial charge on any atom is -0.462 e. The first kappa shape index (κ1) is 26.4. The lowest BCUT2D eigenvalue weighted by Gasteiger charge is -2.31. The maximum Gasteiger partial charge on any atom is 0.338 e. The largest absolute Gasteiger partial charge is 0.462 e. The van der Waals surface area contributed by atoms with Gasteiger partial charge in [0.15, 0.2) is 11.2 Å². The molecule has 1 aromatic carbocycles. The molecule has 1 aliphatic rings. The number of allylic oxidation sites excluding steroid dienone is 2. The van der Waals surface area contributed by atoms with Gasteiger partial charge in [0.1, 0.15) is 0 Å². The van der Waals surface area contributed by atoms with Gasteiger partial charge in [-0.3, -0.25) is 13.9 Å². The highest BCUT2D eigenvalue weighted by atomic mass is 16.5. The number of ether oxygens (including phenoxy) is 1. The Bertz CT molecular complexity index is 1440. The van der Waals surface area contributed by atoms with E-state index in [1.165, 1.54) is 9.13 Å². The zero-order valence-corrected chi connectivity index (χ0v) is 22.1. The van der Waals surface area contributed by atoms with Crippen molar-refractivity contribution in [2.75, 3.05) is 24.6 Å². The van der Waals surface area contributed by atoms with E-state index in [9.17, 15) is 14.4 Å². The SMILES string of the molecule is CCOC(=O)c1cccc(CCn2c(=O)c3c(nc(N4CCCC(N)C4)n3CC=C(C)C)n(C)c2=O)c1. The number of nitrogens with two attached hydrogens (primary N) is 1. The summed E-state index contributed by atoms with van der Waals surface area (Å²) in [6, 6.07) is 7.11. The van der Waals surface area contributed by atoms with Crippen LogP contribution in [0.5, 0.6) is 0 Å². The van der Waals surface area contributed by atoms with E-state index in [1.54, 1.807) is 32.2 Å². The number of anilines is 1. The van der Waals surface area contributed by atoms with Crippen molar-refractivity contribution in [1.29, 1.82) is 0 Å². The van der Waals surface area contributed by atoms with Gasteiger partial charge in [-0.05, 0) is 57.7 Å². The quantitative estimate of drug-likeness (QED) is 0.366. The Morgan fingerprint density at radius 2 is 2.03 bits per heavy atom. The predicted molar refractivity (Wildman–Crippen MR) is 144 cm³/mol. The van der Waals surface area contributed by atoms with Crippen LogP contribution >= 0.6 is 0 Å². The molecule has 0 aliphatic carbocycles. The molecule has 10 nitrogen and oxygen atoms in total. The van der Waals surface area contributed by atoms with E-state index in [1.807, 2.05) is 30.6 Å². The number of esters is 1. The zero-order chi connectivity index (χ0) is 26.7. The lowest BCUT2D eigenvalue weighted by Crippen LogP contribution is -2.44. The van der Waals surface area contributed by atoms with Crippen LogP contribution in [0, 0.1) is 0 Å². The number of aryl methyl sites for hydroxylation is 2. The molecule has 1 saturated heterocycles. The van der Waals surface area contributed by atoms with Crippen LogP contribution in [0.15, 0.2) is 45.5 Å². The van der Waals surface area contributed by atoms with Crippen LogP contribution in [0.2, 0.25) is 0 Å². The van der Waals surface area contributed by atoms with E-state index in [4.69, 9.17) is 15.5 Å². The third kappa shape index (κ3) is 5.53. The molecule has 3 heterocycles. The van der Waals surface area contributed by atoms with Gasteiger partial charge < -0.3 is 19.9 Å². The van der Waals surface area contributed by atoms with Gasteiger partial charge in [-0.1, -0.05) is 23.8 Å². The van der Waals surface area contributed by atoms with Crippen LogP contribution in [0.4, 0.5) is 5.95 Å². The summed E-state index contributed by atoms with van der Waals surface area (Å²) in [5, 5.41) is 0. The van der Waals surface area contributed by atoms with Crippen molar-refractivity contribution in [2.24, 2.45) is 12.8 Å². The summed E-state index contributed by atoms with van der Waals surface area (Å²) < 4.78 is 9.69. The first-order valence-corrected chi connectivity index (χ1v) is 12.8. The monoisotopic (exact) mass is 508 g/mol. The smallest absolute Gasteiger partial charge is 0.338 e. The third-order valence-electron chi connectivity index (χ3n) is 6.70. The van der Waals surface area contributed by atoms with Crippen molar-refractivity contribution in [1.82, 2.24) is 18.7 Å². The second kappa shape index (κ2) is 11.2. The summed E-state index contributed by atoms with van der Waals surface area (Å²) in [7, 11) is 1.64. The molecule has 0 bridgehead atoms. The lowest BCUT2D eigenvalue weighted by molar-refractivity contribution is 0.0526. The maximum atomic E-state index is 13.8. The minimum atomic E-state index is -0.423. The first-order chi connectivity index (χ1) is 17.7. The highest BCUT2D eigenvalue weighted by Crippen LogP contribution is 2.23. The molecule has 0 saturated carbocycles. The number of benzene rings is 1. The molecule has 10 heteroatoms. The Morgan fingerprint density at radius 1 is 1.24 bits per heavy atom. The zero-order valence-electron chi connectivity index (χ0n) is 22.1. The number of imidazole rings is 1. The van der Waals surface area contributed by atoms with Crippen LogP contribution in [0.3, 0.4) is 0 Å². The molecular formula is C27H36N6O4. The normalized spacial score (nSPS) is 15.7. The fourth-order valence-corrected chi connectivity index (χ4v) is 4.75. The number of carbonyl (C=O) groups excluding carboxylic acids is 1. The number of piperidine rings is 1. The van der Waals surface area contributed by atoms with E-state index in [0.29, 0.717) is 48.8 Å². The van der Waals surface area contributed by atoms with Gasteiger partial charge >= 0.3 is 11.7 Å². The van der Waals surface area contributed by atoms with E-state index in [0.717, 1.165) is 30.5 Å². The van der Waals surface area contributed by atoms with Crippen LogP contribution in [0.25, 0.3) is 11.2 Å². The molecule has 4 rings (SSSR count). The lowest BCUT2D eigenvalue weighted by atomic mass is 10.1. The predicted octanol–water partition coefficient (Wildman–Crippen LogP) is 2.21. The minimum absolute atomic E-state index is 0.0383. The number of hydrogen-bond donors (Lipinski definition) is 1. The van der Waals surface area contributed by atoms with Crippen molar-refractivity contribution in [3.63, 3.8) is 0 Å². The number of fused-ring (bicyclic) bond motifs is 1. The highest BCUT2D eigenvalue weighted by molar-refractivity contribution is 5.89. The molecule has 198 valence electrons. The average Bonchev–Trinajstić information content (AvgIpc) is 3.26. The summed E-state index contributed by atoms with van der Waals surface area (Å²) in [6.45, 7) is 8.15.